The third-order valence-corrected chi connectivity index (χ3v) is 4.95. The van der Waals surface area contributed by atoms with Gasteiger partial charge in [-0.2, -0.15) is 0 Å². The highest BCUT2D eigenvalue weighted by Gasteiger charge is 2.20. The zero-order chi connectivity index (χ0) is 19.8. The molecule has 1 saturated heterocycles. The van der Waals surface area contributed by atoms with Crippen molar-refractivity contribution in [3.8, 4) is 5.75 Å². The Bertz CT molecular complexity index is 741. The lowest BCUT2D eigenvalue weighted by molar-refractivity contribution is 0.186. The van der Waals surface area contributed by atoms with E-state index in [0.717, 1.165) is 50.0 Å². The second kappa shape index (κ2) is 9.99. The van der Waals surface area contributed by atoms with Crippen LogP contribution in [0.4, 0.5) is 5.69 Å². The summed E-state index contributed by atoms with van der Waals surface area (Å²) in [6.07, 6.45) is -0.634. The van der Waals surface area contributed by atoms with Gasteiger partial charge in [-0.1, -0.05) is 30.3 Å². The number of aliphatic hydroxyl groups is 1. The Morgan fingerprint density at radius 2 is 1.75 bits per heavy atom. The van der Waals surface area contributed by atoms with Crippen LogP contribution in [0.3, 0.4) is 0 Å². The molecule has 2 N–H and O–H groups in total. The maximum atomic E-state index is 10.5. The molecule has 6 nitrogen and oxygen atoms in total. The normalized spacial score (nSPS) is 16.0. The Morgan fingerprint density at radius 1 is 1.07 bits per heavy atom. The zero-order valence-corrected chi connectivity index (χ0v) is 16.7. The van der Waals surface area contributed by atoms with Crippen molar-refractivity contribution in [2.75, 3.05) is 51.3 Å². The molecule has 1 heterocycles. The van der Waals surface area contributed by atoms with E-state index in [0.29, 0.717) is 6.54 Å². The van der Waals surface area contributed by atoms with Crippen molar-refractivity contribution in [3.63, 3.8) is 0 Å². The molecular weight excluding hydrogens is 352 g/mol. The molecular formula is C22H30N4O2. The first-order valence-corrected chi connectivity index (χ1v) is 9.86. The predicted octanol–water partition coefficient (Wildman–Crippen LogP) is 2.52. The molecule has 0 saturated carbocycles. The minimum atomic E-state index is -0.634. The fourth-order valence-corrected chi connectivity index (χ4v) is 3.35. The number of nitrogens with one attached hydrogen (secondary N) is 1. The van der Waals surface area contributed by atoms with Gasteiger partial charge in [0.05, 0.1) is 19.8 Å². The van der Waals surface area contributed by atoms with E-state index in [-0.39, 0.29) is 0 Å². The highest BCUT2D eigenvalue weighted by atomic mass is 16.5. The molecule has 2 aromatic rings. The minimum absolute atomic E-state index is 0.327. The highest BCUT2D eigenvalue weighted by molar-refractivity contribution is 5.80. The number of aliphatic hydroxyl groups excluding tert-OH is 1. The predicted molar refractivity (Wildman–Crippen MR) is 114 cm³/mol. The standard InChI is InChI=1S/C22H30N4O2/c1-3-23-22(24-17-21(27)18-9-11-20(28-2)12-10-18)26-15-13-25(14-16-26)19-7-5-4-6-8-19/h4-12,21,27H,3,13-17H2,1-2H3,(H,23,24). The number of rotatable bonds is 6. The number of hydrogen-bond donors (Lipinski definition) is 2. The quantitative estimate of drug-likeness (QED) is 0.594. The van der Waals surface area contributed by atoms with Gasteiger partial charge >= 0.3 is 0 Å². The lowest BCUT2D eigenvalue weighted by Crippen LogP contribution is -2.52. The number of anilines is 1. The van der Waals surface area contributed by atoms with E-state index in [1.165, 1.54) is 5.69 Å². The number of piperazine rings is 1. The van der Waals surface area contributed by atoms with E-state index in [1.54, 1.807) is 7.11 Å². The van der Waals surface area contributed by atoms with Gasteiger partial charge < -0.3 is 25.0 Å². The lowest BCUT2D eigenvalue weighted by Gasteiger charge is -2.37. The zero-order valence-electron chi connectivity index (χ0n) is 16.7. The Hall–Kier alpha value is -2.73. The van der Waals surface area contributed by atoms with Crippen molar-refractivity contribution in [1.29, 1.82) is 0 Å². The summed E-state index contributed by atoms with van der Waals surface area (Å²) in [5, 5.41) is 13.8. The Labute approximate surface area is 167 Å². The molecule has 1 atom stereocenters. The van der Waals surface area contributed by atoms with Crippen LogP contribution in [0.15, 0.2) is 59.6 Å². The van der Waals surface area contributed by atoms with Crippen LogP contribution in [0.1, 0.15) is 18.6 Å². The van der Waals surface area contributed by atoms with Crippen LogP contribution in [0.5, 0.6) is 5.75 Å². The van der Waals surface area contributed by atoms with Crippen LogP contribution in [0, 0.1) is 0 Å². The largest absolute Gasteiger partial charge is 0.497 e. The fourth-order valence-electron chi connectivity index (χ4n) is 3.35. The number of ether oxygens (including phenoxy) is 1. The summed E-state index contributed by atoms with van der Waals surface area (Å²) < 4.78 is 5.17. The first kappa shape index (κ1) is 20.0. The Kier molecular flexibility index (Phi) is 7.14. The number of methoxy groups -OCH3 is 1. The number of nitrogens with zero attached hydrogens (tertiary/aromatic N) is 3. The third-order valence-electron chi connectivity index (χ3n) is 4.95. The number of guanidine groups is 1. The molecule has 3 rings (SSSR count). The van der Waals surface area contributed by atoms with Crippen molar-refractivity contribution in [2.24, 2.45) is 4.99 Å². The summed E-state index contributed by atoms with van der Waals surface area (Å²) in [6.45, 7) is 6.91. The molecule has 28 heavy (non-hydrogen) atoms. The number of hydrogen-bond acceptors (Lipinski definition) is 4. The van der Waals surface area contributed by atoms with Gasteiger partial charge in [0.1, 0.15) is 5.75 Å². The second-order valence-corrected chi connectivity index (χ2v) is 6.79. The molecule has 150 valence electrons. The monoisotopic (exact) mass is 382 g/mol. The van der Waals surface area contributed by atoms with E-state index in [1.807, 2.05) is 30.3 Å². The Morgan fingerprint density at radius 3 is 2.36 bits per heavy atom. The molecule has 1 unspecified atom stereocenters. The molecule has 0 spiro atoms. The minimum Gasteiger partial charge on any atom is -0.497 e. The van der Waals surface area contributed by atoms with Gasteiger partial charge in [0.2, 0.25) is 0 Å². The number of para-hydroxylation sites is 1. The van der Waals surface area contributed by atoms with Gasteiger partial charge in [0.25, 0.3) is 0 Å². The van der Waals surface area contributed by atoms with Gasteiger partial charge in [0, 0.05) is 38.4 Å². The average Bonchev–Trinajstić information content (AvgIpc) is 2.77. The van der Waals surface area contributed by atoms with Gasteiger partial charge in [-0.15, -0.1) is 0 Å². The summed E-state index contributed by atoms with van der Waals surface area (Å²) in [6, 6.07) is 18.0. The van der Waals surface area contributed by atoms with E-state index in [2.05, 4.69) is 51.3 Å². The number of benzene rings is 2. The molecule has 1 fully saturated rings. The Balaban J connectivity index is 1.59. The van der Waals surface area contributed by atoms with Crippen LogP contribution in [-0.2, 0) is 0 Å². The van der Waals surface area contributed by atoms with Crippen LogP contribution in [-0.4, -0.2) is 62.3 Å². The molecule has 0 radical (unpaired) electrons. The number of aliphatic imine (C=N–C) groups is 1. The smallest absolute Gasteiger partial charge is 0.194 e. The molecule has 1 aliphatic rings. The van der Waals surface area contributed by atoms with Crippen molar-refractivity contribution in [1.82, 2.24) is 10.2 Å². The summed E-state index contributed by atoms with van der Waals surface area (Å²) in [5.74, 6) is 1.65. The summed E-state index contributed by atoms with van der Waals surface area (Å²) >= 11 is 0. The van der Waals surface area contributed by atoms with Crippen LogP contribution in [0.2, 0.25) is 0 Å². The van der Waals surface area contributed by atoms with E-state index in [4.69, 9.17) is 4.74 Å². The van der Waals surface area contributed by atoms with E-state index < -0.39 is 6.10 Å². The third kappa shape index (κ3) is 5.16. The molecule has 2 aromatic carbocycles. The average molecular weight is 383 g/mol. The van der Waals surface area contributed by atoms with E-state index in [9.17, 15) is 5.11 Å². The molecule has 0 aromatic heterocycles. The first-order valence-electron chi connectivity index (χ1n) is 9.86. The molecule has 0 bridgehead atoms. The van der Waals surface area contributed by atoms with Gasteiger partial charge in [-0.05, 0) is 36.8 Å². The van der Waals surface area contributed by atoms with Crippen LogP contribution in [0.25, 0.3) is 0 Å². The second-order valence-electron chi connectivity index (χ2n) is 6.79. The van der Waals surface area contributed by atoms with Crippen molar-refractivity contribution >= 4 is 11.6 Å². The van der Waals surface area contributed by atoms with Gasteiger partial charge in [0.15, 0.2) is 5.96 Å². The highest BCUT2D eigenvalue weighted by Crippen LogP contribution is 2.18. The molecule has 6 heteroatoms. The van der Waals surface area contributed by atoms with Gasteiger partial charge in [-0.3, -0.25) is 4.99 Å². The molecule has 1 aliphatic heterocycles. The fraction of sp³-hybridized carbons (Fsp3) is 0.409. The molecule has 0 aliphatic carbocycles. The van der Waals surface area contributed by atoms with Gasteiger partial charge in [-0.25, -0.2) is 0 Å². The topological polar surface area (TPSA) is 60.3 Å². The maximum Gasteiger partial charge on any atom is 0.194 e. The summed E-state index contributed by atoms with van der Waals surface area (Å²) in [5.41, 5.74) is 2.10. The maximum absolute atomic E-state index is 10.5. The summed E-state index contributed by atoms with van der Waals surface area (Å²) in [4.78, 5) is 9.35. The first-order chi connectivity index (χ1) is 13.7. The SMILES string of the molecule is CCNC(=NCC(O)c1ccc(OC)cc1)N1CCN(c2ccccc2)CC1. The van der Waals surface area contributed by atoms with Crippen LogP contribution < -0.4 is 15.0 Å². The van der Waals surface area contributed by atoms with Crippen LogP contribution >= 0.6 is 0 Å². The summed E-state index contributed by atoms with van der Waals surface area (Å²) in [7, 11) is 1.63. The molecule has 0 amide bonds. The van der Waals surface area contributed by atoms with Crippen molar-refractivity contribution in [2.45, 2.75) is 13.0 Å². The van der Waals surface area contributed by atoms with Crippen molar-refractivity contribution < 1.29 is 9.84 Å². The lowest BCUT2D eigenvalue weighted by atomic mass is 10.1. The van der Waals surface area contributed by atoms with E-state index >= 15 is 0 Å². The van der Waals surface area contributed by atoms with Crippen molar-refractivity contribution in [3.05, 3.63) is 60.2 Å².